The van der Waals surface area contributed by atoms with Crippen LogP contribution in [0, 0.1) is 12.7 Å². The maximum absolute atomic E-state index is 13.2. The molecule has 1 aliphatic heterocycles. The first-order valence-electron chi connectivity index (χ1n) is 6.44. The molecule has 0 saturated carbocycles. The van der Waals surface area contributed by atoms with E-state index in [0.717, 1.165) is 18.5 Å². The Hall–Kier alpha value is -1.42. The minimum Gasteiger partial charge on any atom is -0.352 e. The molecule has 3 nitrogen and oxygen atoms in total. The predicted octanol–water partition coefficient (Wildman–Crippen LogP) is 2.01. The van der Waals surface area contributed by atoms with Crippen molar-refractivity contribution in [3.05, 3.63) is 35.1 Å². The summed E-state index contributed by atoms with van der Waals surface area (Å²) in [6.45, 7) is 3.48. The van der Waals surface area contributed by atoms with Gasteiger partial charge in [0.2, 0.25) is 0 Å². The van der Waals surface area contributed by atoms with E-state index in [1.807, 2.05) is 0 Å². The van der Waals surface area contributed by atoms with Crippen molar-refractivity contribution in [1.29, 1.82) is 0 Å². The van der Waals surface area contributed by atoms with Gasteiger partial charge in [0.05, 0.1) is 0 Å². The van der Waals surface area contributed by atoms with Gasteiger partial charge in [-0.2, -0.15) is 0 Å². The van der Waals surface area contributed by atoms with Gasteiger partial charge in [-0.05, 0) is 56.5 Å². The van der Waals surface area contributed by atoms with Crippen molar-refractivity contribution in [3.8, 4) is 0 Å². The zero-order valence-electron chi connectivity index (χ0n) is 10.6. The van der Waals surface area contributed by atoms with Crippen LogP contribution in [0.15, 0.2) is 18.2 Å². The summed E-state index contributed by atoms with van der Waals surface area (Å²) in [6.07, 6.45) is 3.32. The van der Waals surface area contributed by atoms with Crippen LogP contribution in [0.2, 0.25) is 0 Å². The molecule has 1 atom stereocenters. The van der Waals surface area contributed by atoms with Gasteiger partial charge in [-0.15, -0.1) is 0 Å². The van der Waals surface area contributed by atoms with Crippen molar-refractivity contribution in [2.75, 3.05) is 13.1 Å². The first-order chi connectivity index (χ1) is 8.65. The summed E-state index contributed by atoms with van der Waals surface area (Å²) in [5, 5.41) is 6.21. The molecule has 4 heteroatoms. The molecule has 98 valence electrons. The van der Waals surface area contributed by atoms with Crippen molar-refractivity contribution < 1.29 is 9.18 Å². The van der Waals surface area contributed by atoms with Gasteiger partial charge >= 0.3 is 0 Å². The summed E-state index contributed by atoms with van der Waals surface area (Å²) in [5.41, 5.74) is 1.16. The second-order valence-electron chi connectivity index (χ2n) is 4.86. The number of rotatable bonds is 4. The lowest BCUT2D eigenvalue weighted by Crippen LogP contribution is -2.30. The van der Waals surface area contributed by atoms with Crippen LogP contribution < -0.4 is 10.6 Å². The molecule has 1 fully saturated rings. The number of benzene rings is 1. The second kappa shape index (κ2) is 5.96. The van der Waals surface area contributed by atoms with Crippen molar-refractivity contribution in [3.63, 3.8) is 0 Å². The van der Waals surface area contributed by atoms with Crippen LogP contribution in [0.4, 0.5) is 4.39 Å². The summed E-state index contributed by atoms with van der Waals surface area (Å²) < 4.78 is 13.2. The highest BCUT2D eigenvalue weighted by atomic mass is 19.1. The van der Waals surface area contributed by atoms with E-state index in [1.165, 1.54) is 25.0 Å². The Balaban J connectivity index is 1.83. The van der Waals surface area contributed by atoms with Crippen LogP contribution in [0.1, 0.15) is 35.2 Å². The molecule has 18 heavy (non-hydrogen) atoms. The van der Waals surface area contributed by atoms with Gasteiger partial charge < -0.3 is 10.6 Å². The molecule has 1 aromatic carbocycles. The molecule has 1 aliphatic rings. The van der Waals surface area contributed by atoms with Gasteiger partial charge in [-0.1, -0.05) is 0 Å². The minimum absolute atomic E-state index is 0.199. The molecule has 0 bridgehead atoms. The fraction of sp³-hybridized carbons (Fsp3) is 0.500. The van der Waals surface area contributed by atoms with Crippen molar-refractivity contribution in [2.45, 2.75) is 32.2 Å². The number of carbonyl (C=O) groups is 1. The molecule has 2 N–H and O–H groups in total. The van der Waals surface area contributed by atoms with E-state index in [1.54, 1.807) is 13.0 Å². The quantitative estimate of drug-likeness (QED) is 0.858. The third-order valence-corrected chi connectivity index (χ3v) is 3.25. The minimum atomic E-state index is -0.363. The lowest BCUT2D eigenvalue weighted by molar-refractivity contribution is 0.0952. The van der Waals surface area contributed by atoms with Gasteiger partial charge in [0, 0.05) is 18.2 Å². The highest BCUT2D eigenvalue weighted by Gasteiger charge is 2.14. The average Bonchev–Trinajstić information content (AvgIpc) is 2.80. The molecule has 0 aromatic heterocycles. The Morgan fingerprint density at radius 2 is 2.33 bits per heavy atom. The summed E-state index contributed by atoms with van der Waals surface area (Å²) >= 11 is 0. The van der Waals surface area contributed by atoms with E-state index in [4.69, 9.17) is 0 Å². The van der Waals surface area contributed by atoms with E-state index in [-0.39, 0.29) is 11.7 Å². The Labute approximate surface area is 107 Å². The van der Waals surface area contributed by atoms with Crippen LogP contribution in [-0.2, 0) is 0 Å². The third-order valence-electron chi connectivity index (χ3n) is 3.25. The number of nitrogens with one attached hydrogen (secondary N) is 2. The highest BCUT2D eigenvalue weighted by molar-refractivity contribution is 5.94. The number of carbonyl (C=O) groups excluding carboxylic acids is 1. The van der Waals surface area contributed by atoms with Gasteiger partial charge in [0.1, 0.15) is 5.82 Å². The van der Waals surface area contributed by atoms with Crippen molar-refractivity contribution in [1.82, 2.24) is 10.6 Å². The largest absolute Gasteiger partial charge is 0.352 e. The molecule has 1 saturated heterocycles. The first-order valence-corrected chi connectivity index (χ1v) is 6.44. The summed E-state index contributed by atoms with van der Waals surface area (Å²) in [6, 6.07) is 4.90. The molecule has 0 aliphatic carbocycles. The molecule has 1 aromatic rings. The topological polar surface area (TPSA) is 41.1 Å². The number of amides is 1. The summed E-state index contributed by atoms with van der Waals surface area (Å²) in [5.74, 6) is -0.562. The van der Waals surface area contributed by atoms with Crippen molar-refractivity contribution in [2.24, 2.45) is 0 Å². The number of hydrogen-bond donors (Lipinski definition) is 2. The monoisotopic (exact) mass is 250 g/mol. The molecule has 2 rings (SSSR count). The molecule has 1 unspecified atom stereocenters. The van der Waals surface area contributed by atoms with Crippen LogP contribution >= 0.6 is 0 Å². The highest BCUT2D eigenvalue weighted by Crippen LogP contribution is 2.09. The Morgan fingerprint density at radius 1 is 1.50 bits per heavy atom. The standard InChI is InChI=1S/C14H19FN2O/c1-10-7-11(9-12(15)8-10)14(18)17-6-4-13-3-2-5-16-13/h7-9,13,16H,2-6H2,1H3,(H,17,18). The maximum atomic E-state index is 13.2. The molecular formula is C14H19FN2O. The second-order valence-corrected chi connectivity index (χ2v) is 4.86. The van der Waals surface area contributed by atoms with Crippen LogP contribution in [-0.4, -0.2) is 25.0 Å². The van der Waals surface area contributed by atoms with E-state index >= 15 is 0 Å². The van der Waals surface area contributed by atoms with E-state index < -0.39 is 0 Å². The molecule has 0 radical (unpaired) electrons. The van der Waals surface area contributed by atoms with Crippen LogP contribution in [0.25, 0.3) is 0 Å². The fourth-order valence-electron chi connectivity index (χ4n) is 2.33. The van der Waals surface area contributed by atoms with Gasteiger partial charge in [-0.3, -0.25) is 4.79 Å². The van der Waals surface area contributed by atoms with Gasteiger partial charge in [0.15, 0.2) is 0 Å². The normalized spacial score (nSPS) is 18.9. The smallest absolute Gasteiger partial charge is 0.251 e. The lowest BCUT2D eigenvalue weighted by Gasteiger charge is -2.11. The number of hydrogen-bond acceptors (Lipinski definition) is 2. The lowest BCUT2D eigenvalue weighted by atomic mass is 10.1. The van der Waals surface area contributed by atoms with Gasteiger partial charge in [-0.25, -0.2) is 4.39 Å². The molecule has 1 heterocycles. The first kappa shape index (κ1) is 13.0. The van der Waals surface area contributed by atoms with E-state index in [0.29, 0.717) is 18.2 Å². The number of halogens is 1. The van der Waals surface area contributed by atoms with Crippen LogP contribution in [0.3, 0.4) is 0 Å². The van der Waals surface area contributed by atoms with Crippen LogP contribution in [0.5, 0.6) is 0 Å². The SMILES string of the molecule is Cc1cc(F)cc(C(=O)NCCC2CCCN2)c1. The zero-order chi connectivity index (χ0) is 13.0. The average molecular weight is 250 g/mol. The van der Waals surface area contributed by atoms with Crippen molar-refractivity contribution >= 4 is 5.91 Å². The number of aryl methyl sites for hydroxylation is 1. The predicted molar refractivity (Wildman–Crippen MR) is 69.1 cm³/mol. The van der Waals surface area contributed by atoms with E-state index in [2.05, 4.69) is 10.6 Å². The summed E-state index contributed by atoms with van der Waals surface area (Å²) in [4.78, 5) is 11.8. The molecule has 1 amide bonds. The summed E-state index contributed by atoms with van der Waals surface area (Å²) in [7, 11) is 0. The Kier molecular flexibility index (Phi) is 4.31. The third kappa shape index (κ3) is 3.53. The zero-order valence-corrected chi connectivity index (χ0v) is 10.6. The van der Waals surface area contributed by atoms with Gasteiger partial charge in [0.25, 0.3) is 5.91 Å². The fourth-order valence-corrected chi connectivity index (χ4v) is 2.33. The Morgan fingerprint density at radius 3 is 3.00 bits per heavy atom. The van der Waals surface area contributed by atoms with E-state index in [9.17, 15) is 9.18 Å². The maximum Gasteiger partial charge on any atom is 0.251 e. The Bertz CT molecular complexity index is 408. The molecule has 0 spiro atoms. The molecular weight excluding hydrogens is 231 g/mol.